The van der Waals surface area contributed by atoms with Crippen LogP contribution in [0.3, 0.4) is 0 Å². The van der Waals surface area contributed by atoms with E-state index in [4.69, 9.17) is 5.14 Å². The van der Waals surface area contributed by atoms with Gasteiger partial charge in [0.2, 0.25) is 10.0 Å². The standard InChI is InChI=1S/C23H25N7O4S/c1-3-11-29-21-19(22(31)30(12-4-2)23(29)32)26-20(27-21)17-14-25-28(15-17)13-5-6-16-7-9-18(10-8-16)35(24,33)34/h7-10,14-15H,3-4,11-13H2,1-2H3,(H,26,27)(H2,24,33,34). The quantitative estimate of drug-likeness (QED) is 0.369. The summed E-state index contributed by atoms with van der Waals surface area (Å²) in [5, 5.41) is 9.39. The van der Waals surface area contributed by atoms with Crippen molar-refractivity contribution in [3.05, 3.63) is 63.1 Å². The number of aromatic nitrogens is 6. The number of benzene rings is 1. The number of fused-ring (bicyclic) bond motifs is 1. The van der Waals surface area contributed by atoms with Crippen LogP contribution in [-0.4, -0.2) is 37.3 Å². The molecule has 0 aliphatic carbocycles. The minimum absolute atomic E-state index is 0.0245. The first-order valence-electron chi connectivity index (χ1n) is 11.1. The fraction of sp³-hybridized carbons (Fsp3) is 0.304. The second-order valence-corrected chi connectivity index (χ2v) is 9.53. The van der Waals surface area contributed by atoms with Crippen LogP contribution < -0.4 is 16.4 Å². The normalized spacial score (nSPS) is 11.5. The number of aryl methyl sites for hydroxylation is 1. The molecule has 0 fully saturated rings. The molecule has 3 heterocycles. The van der Waals surface area contributed by atoms with Crippen LogP contribution in [0.1, 0.15) is 32.3 Å². The highest BCUT2D eigenvalue weighted by Crippen LogP contribution is 2.18. The molecule has 0 radical (unpaired) electrons. The van der Waals surface area contributed by atoms with E-state index in [2.05, 4.69) is 26.9 Å². The van der Waals surface area contributed by atoms with Crippen molar-refractivity contribution in [3.63, 3.8) is 0 Å². The Kier molecular flexibility index (Phi) is 6.72. The summed E-state index contributed by atoms with van der Waals surface area (Å²) in [6, 6.07) is 5.96. The highest BCUT2D eigenvalue weighted by molar-refractivity contribution is 7.89. The summed E-state index contributed by atoms with van der Waals surface area (Å²) in [5.41, 5.74) is 1.17. The summed E-state index contributed by atoms with van der Waals surface area (Å²) < 4.78 is 27.1. The molecule has 4 rings (SSSR count). The number of nitrogens with two attached hydrogens (primary N) is 1. The van der Waals surface area contributed by atoms with Gasteiger partial charge >= 0.3 is 5.69 Å². The van der Waals surface area contributed by atoms with Crippen LogP contribution in [0.2, 0.25) is 0 Å². The molecule has 3 N–H and O–H groups in total. The van der Waals surface area contributed by atoms with Gasteiger partial charge in [0.25, 0.3) is 5.56 Å². The number of nitrogens with one attached hydrogen (secondary N) is 1. The van der Waals surface area contributed by atoms with E-state index in [-0.39, 0.29) is 28.2 Å². The van der Waals surface area contributed by atoms with Crippen LogP contribution in [0, 0.1) is 11.8 Å². The smallest absolute Gasteiger partial charge is 0.332 e. The highest BCUT2D eigenvalue weighted by Gasteiger charge is 2.18. The van der Waals surface area contributed by atoms with Gasteiger partial charge in [-0.05, 0) is 37.1 Å². The SMILES string of the molecule is CCCn1c(=O)c2[nH]c(-c3cnn(CC#Cc4ccc(S(N)(=O)=O)cc4)c3)nc2n(CCC)c1=O. The van der Waals surface area contributed by atoms with E-state index in [1.165, 1.54) is 21.3 Å². The van der Waals surface area contributed by atoms with Crippen LogP contribution in [0.25, 0.3) is 22.6 Å². The highest BCUT2D eigenvalue weighted by atomic mass is 32.2. The lowest BCUT2D eigenvalue weighted by molar-refractivity contribution is 0.555. The van der Waals surface area contributed by atoms with E-state index in [1.807, 2.05) is 13.8 Å². The predicted molar refractivity (Wildman–Crippen MR) is 131 cm³/mol. The van der Waals surface area contributed by atoms with Gasteiger partial charge in [-0.1, -0.05) is 25.7 Å². The molecule has 0 unspecified atom stereocenters. The van der Waals surface area contributed by atoms with Crippen molar-refractivity contribution in [1.29, 1.82) is 0 Å². The summed E-state index contributed by atoms with van der Waals surface area (Å²) in [5.74, 6) is 6.35. The molecule has 3 aromatic heterocycles. The molecule has 182 valence electrons. The molecule has 35 heavy (non-hydrogen) atoms. The molecule has 0 atom stereocenters. The maximum Gasteiger partial charge on any atom is 0.332 e. The molecule has 0 amide bonds. The zero-order valence-electron chi connectivity index (χ0n) is 19.4. The van der Waals surface area contributed by atoms with E-state index < -0.39 is 10.0 Å². The minimum atomic E-state index is -3.74. The Balaban J connectivity index is 1.61. The van der Waals surface area contributed by atoms with Crippen molar-refractivity contribution in [1.82, 2.24) is 28.9 Å². The van der Waals surface area contributed by atoms with E-state index in [0.717, 1.165) is 6.42 Å². The second-order valence-electron chi connectivity index (χ2n) is 7.97. The average molecular weight is 496 g/mol. The number of hydrogen-bond donors (Lipinski definition) is 2. The van der Waals surface area contributed by atoms with Gasteiger partial charge in [0.05, 0.1) is 16.7 Å². The van der Waals surface area contributed by atoms with Gasteiger partial charge in [-0.25, -0.2) is 23.3 Å². The van der Waals surface area contributed by atoms with E-state index in [0.29, 0.717) is 42.1 Å². The number of imidazole rings is 1. The number of nitrogens with zero attached hydrogens (tertiary/aromatic N) is 5. The zero-order chi connectivity index (χ0) is 25.2. The second kappa shape index (κ2) is 9.73. The lowest BCUT2D eigenvalue weighted by atomic mass is 10.2. The summed E-state index contributed by atoms with van der Waals surface area (Å²) >= 11 is 0. The van der Waals surface area contributed by atoms with Crippen LogP contribution >= 0.6 is 0 Å². The number of primary sulfonamides is 1. The van der Waals surface area contributed by atoms with Crippen LogP contribution in [0.15, 0.2) is 51.1 Å². The first-order chi connectivity index (χ1) is 16.7. The zero-order valence-corrected chi connectivity index (χ0v) is 20.2. The van der Waals surface area contributed by atoms with Crippen molar-refractivity contribution in [2.45, 2.75) is 51.2 Å². The average Bonchev–Trinajstić information content (AvgIpc) is 3.47. The van der Waals surface area contributed by atoms with Crippen LogP contribution in [-0.2, 0) is 29.7 Å². The van der Waals surface area contributed by atoms with Crippen molar-refractivity contribution >= 4 is 21.2 Å². The van der Waals surface area contributed by atoms with E-state index >= 15 is 0 Å². The number of sulfonamides is 1. The maximum atomic E-state index is 12.9. The Morgan fingerprint density at radius 2 is 1.74 bits per heavy atom. The van der Waals surface area contributed by atoms with Crippen molar-refractivity contribution in [3.8, 4) is 23.2 Å². The number of aromatic amines is 1. The van der Waals surface area contributed by atoms with Crippen molar-refractivity contribution < 1.29 is 8.42 Å². The fourth-order valence-corrected chi connectivity index (χ4v) is 4.19. The summed E-state index contributed by atoms with van der Waals surface area (Å²) in [6.45, 7) is 4.95. The third-order valence-corrected chi connectivity index (χ3v) is 6.25. The predicted octanol–water partition coefficient (Wildman–Crippen LogP) is 1.27. The minimum Gasteiger partial charge on any atom is -0.332 e. The molecule has 0 saturated carbocycles. The maximum absolute atomic E-state index is 12.9. The Hall–Kier alpha value is -3.95. The number of hydrogen-bond acceptors (Lipinski definition) is 6. The summed E-state index contributed by atoms with van der Waals surface area (Å²) in [6.07, 6.45) is 4.73. The Morgan fingerprint density at radius 3 is 2.40 bits per heavy atom. The fourth-order valence-electron chi connectivity index (χ4n) is 3.67. The van der Waals surface area contributed by atoms with Crippen molar-refractivity contribution in [2.24, 2.45) is 5.14 Å². The topological polar surface area (TPSA) is 151 Å². The monoisotopic (exact) mass is 495 g/mol. The van der Waals surface area contributed by atoms with Gasteiger partial charge in [0.1, 0.15) is 17.9 Å². The van der Waals surface area contributed by atoms with Gasteiger partial charge in [0, 0.05) is 24.8 Å². The van der Waals surface area contributed by atoms with Gasteiger partial charge in [-0.3, -0.25) is 18.6 Å². The molecule has 1 aromatic carbocycles. The Bertz CT molecular complexity index is 1660. The molecule has 12 heteroatoms. The third-order valence-electron chi connectivity index (χ3n) is 5.32. The first-order valence-corrected chi connectivity index (χ1v) is 12.7. The third kappa shape index (κ3) is 4.96. The molecule has 11 nitrogen and oxygen atoms in total. The first kappa shape index (κ1) is 24.2. The molecule has 0 saturated heterocycles. The summed E-state index contributed by atoms with van der Waals surface area (Å²) in [7, 11) is -3.74. The van der Waals surface area contributed by atoms with Gasteiger partial charge in [-0.15, -0.1) is 0 Å². The summed E-state index contributed by atoms with van der Waals surface area (Å²) in [4.78, 5) is 33.4. The molecule has 0 bridgehead atoms. The van der Waals surface area contributed by atoms with Crippen LogP contribution in [0.5, 0.6) is 0 Å². The lowest BCUT2D eigenvalue weighted by Gasteiger charge is -2.09. The molecule has 0 aliphatic rings. The Morgan fingerprint density at radius 1 is 1.06 bits per heavy atom. The molecule has 0 aliphatic heterocycles. The largest absolute Gasteiger partial charge is 0.332 e. The molecule has 0 spiro atoms. The number of H-pyrrole nitrogens is 1. The molecule has 4 aromatic rings. The Labute approximate surface area is 201 Å². The molecular formula is C23H25N7O4S. The van der Waals surface area contributed by atoms with E-state index in [9.17, 15) is 18.0 Å². The number of rotatable bonds is 7. The van der Waals surface area contributed by atoms with Crippen LogP contribution in [0.4, 0.5) is 0 Å². The van der Waals surface area contributed by atoms with Gasteiger partial charge < -0.3 is 4.98 Å². The van der Waals surface area contributed by atoms with Gasteiger partial charge in [-0.2, -0.15) is 5.10 Å². The molecular weight excluding hydrogens is 470 g/mol. The lowest BCUT2D eigenvalue weighted by Crippen LogP contribution is -2.40. The van der Waals surface area contributed by atoms with Gasteiger partial charge in [0.15, 0.2) is 5.65 Å². The van der Waals surface area contributed by atoms with E-state index in [1.54, 1.807) is 29.2 Å². The van der Waals surface area contributed by atoms with Crippen molar-refractivity contribution in [2.75, 3.05) is 0 Å².